The van der Waals surface area contributed by atoms with E-state index >= 15 is 0 Å². The van der Waals surface area contributed by atoms with E-state index in [0.29, 0.717) is 11.4 Å². The molecule has 3 rings (SSSR count). The number of rotatable bonds is 8. The summed E-state index contributed by atoms with van der Waals surface area (Å²) in [5.41, 5.74) is 3.28. The van der Waals surface area contributed by atoms with Crippen molar-refractivity contribution in [2.45, 2.75) is 39.8 Å². The molecule has 1 N–H and O–H groups in total. The molecule has 6 nitrogen and oxygen atoms in total. The van der Waals surface area contributed by atoms with E-state index in [0.717, 1.165) is 36.0 Å². The van der Waals surface area contributed by atoms with E-state index < -0.39 is 0 Å². The highest BCUT2D eigenvalue weighted by atomic mass is 16.2. The van der Waals surface area contributed by atoms with Crippen LogP contribution >= 0.6 is 0 Å². The molecule has 3 aromatic rings. The molecule has 0 bridgehead atoms. The van der Waals surface area contributed by atoms with Crippen molar-refractivity contribution >= 4 is 22.8 Å². The first-order valence-electron chi connectivity index (χ1n) is 10.0. The van der Waals surface area contributed by atoms with Crippen LogP contribution in [0.5, 0.6) is 0 Å². The molecule has 1 heterocycles. The van der Waals surface area contributed by atoms with Crippen LogP contribution in [0.1, 0.15) is 41.5 Å². The summed E-state index contributed by atoms with van der Waals surface area (Å²) in [7, 11) is 1.83. The van der Waals surface area contributed by atoms with Gasteiger partial charge < -0.3 is 14.8 Å². The van der Waals surface area contributed by atoms with E-state index in [2.05, 4.69) is 17.2 Å². The van der Waals surface area contributed by atoms with Crippen LogP contribution in [0, 0.1) is 6.92 Å². The fraction of sp³-hybridized carbons (Fsp3) is 0.348. The van der Waals surface area contributed by atoms with Gasteiger partial charge in [-0.15, -0.1) is 0 Å². The van der Waals surface area contributed by atoms with Crippen LogP contribution in [-0.2, 0) is 17.9 Å². The van der Waals surface area contributed by atoms with Crippen molar-refractivity contribution in [3.8, 4) is 0 Å². The molecule has 6 heteroatoms. The molecule has 29 heavy (non-hydrogen) atoms. The lowest BCUT2D eigenvalue weighted by atomic mass is 10.1. The Morgan fingerprint density at radius 2 is 1.83 bits per heavy atom. The standard InChI is InChI=1S/C23H28N4O2/c1-4-5-14-26(3)22(28)16-27-20-13-9-8-12-19(20)25-21(27)15-24-23(29)18-11-7-6-10-17(18)2/h6-13H,4-5,14-16H2,1-3H3,(H,24,29). The minimum absolute atomic E-state index is 0.0353. The van der Waals surface area contributed by atoms with Gasteiger partial charge in [0.15, 0.2) is 0 Å². The summed E-state index contributed by atoms with van der Waals surface area (Å²) in [6.45, 7) is 5.22. The molecule has 0 spiro atoms. The first-order chi connectivity index (χ1) is 14.0. The van der Waals surface area contributed by atoms with Crippen molar-refractivity contribution in [2.24, 2.45) is 0 Å². The summed E-state index contributed by atoms with van der Waals surface area (Å²) in [6, 6.07) is 15.2. The molecule has 0 aliphatic heterocycles. The average molecular weight is 393 g/mol. The maximum atomic E-state index is 12.7. The molecule has 2 aromatic carbocycles. The number of para-hydroxylation sites is 2. The number of nitrogens with zero attached hydrogens (tertiary/aromatic N) is 3. The van der Waals surface area contributed by atoms with Crippen LogP contribution < -0.4 is 5.32 Å². The Hall–Kier alpha value is -3.15. The Morgan fingerprint density at radius 1 is 1.10 bits per heavy atom. The van der Waals surface area contributed by atoms with E-state index in [1.54, 1.807) is 11.0 Å². The molecule has 0 saturated carbocycles. The molecule has 2 amide bonds. The summed E-state index contributed by atoms with van der Waals surface area (Å²) in [4.78, 5) is 31.7. The van der Waals surface area contributed by atoms with Gasteiger partial charge in [-0.1, -0.05) is 43.7 Å². The lowest BCUT2D eigenvalue weighted by Gasteiger charge is -2.18. The van der Waals surface area contributed by atoms with Gasteiger partial charge in [-0.3, -0.25) is 9.59 Å². The first-order valence-corrected chi connectivity index (χ1v) is 10.0. The van der Waals surface area contributed by atoms with Crippen molar-refractivity contribution in [2.75, 3.05) is 13.6 Å². The molecule has 152 valence electrons. The second-order valence-electron chi connectivity index (χ2n) is 7.27. The molecule has 1 aromatic heterocycles. The smallest absolute Gasteiger partial charge is 0.251 e. The summed E-state index contributed by atoms with van der Waals surface area (Å²) >= 11 is 0. The van der Waals surface area contributed by atoms with E-state index in [-0.39, 0.29) is 24.9 Å². The minimum atomic E-state index is -0.145. The van der Waals surface area contributed by atoms with Crippen molar-refractivity contribution in [1.29, 1.82) is 0 Å². The number of fused-ring (bicyclic) bond motifs is 1. The molecule has 0 atom stereocenters. The van der Waals surface area contributed by atoms with Gasteiger partial charge in [-0.2, -0.15) is 0 Å². The van der Waals surface area contributed by atoms with Gasteiger partial charge in [0.1, 0.15) is 12.4 Å². The van der Waals surface area contributed by atoms with Crippen LogP contribution in [-0.4, -0.2) is 39.9 Å². The number of aromatic nitrogens is 2. The van der Waals surface area contributed by atoms with Crippen LogP contribution in [0.4, 0.5) is 0 Å². The van der Waals surface area contributed by atoms with Gasteiger partial charge in [-0.05, 0) is 37.1 Å². The number of hydrogen-bond acceptors (Lipinski definition) is 3. The topological polar surface area (TPSA) is 67.2 Å². The van der Waals surface area contributed by atoms with Gasteiger partial charge in [0, 0.05) is 19.2 Å². The highest BCUT2D eigenvalue weighted by Crippen LogP contribution is 2.17. The average Bonchev–Trinajstić information content (AvgIpc) is 3.08. The Morgan fingerprint density at radius 3 is 2.59 bits per heavy atom. The van der Waals surface area contributed by atoms with E-state index in [1.807, 2.05) is 61.0 Å². The quantitative estimate of drug-likeness (QED) is 0.638. The van der Waals surface area contributed by atoms with Gasteiger partial charge >= 0.3 is 0 Å². The van der Waals surface area contributed by atoms with Crippen LogP contribution in [0.15, 0.2) is 48.5 Å². The molecule has 0 aliphatic carbocycles. The van der Waals surface area contributed by atoms with Crippen LogP contribution in [0.2, 0.25) is 0 Å². The second-order valence-corrected chi connectivity index (χ2v) is 7.27. The number of nitrogens with one attached hydrogen (secondary N) is 1. The fourth-order valence-electron chi connectivity index (χ4n) is 3.29. The number of carbonyl (C=O) groups is 2. The highest BCUT2D eigenvalue weighted by molar-refractivity contribution is 5.95. The van der Waals surface area contributed by atoms with Gasteiger partial charge in [0.25, 0.3) is 5.91 Å². The Bertz CT molecular complexity index is 1010. The molecule has 0 radical (unpaired) electrons. The molecule has 0 fully saturated rings. The number of carbonyl (C=O) groups excluding carboxylic acids is 2. The third kappa shape index (κ3) is 4.83. The zero-order chi connectivity index (χ0) is 20.8. The van der Waals surface area contributed by atoms with Gasteiger partial charge in [0.2, 0.25) is 5.91 Å². The van der Waals surface area contributed by atoms with E-state index in [1.165, 1.54) is 0 Å². The maximum absolute atomic E-state index is 12.7. The monoisotopic (exact) mass is 392 g/mol. The Labute approximate surface area is 171 Å². The highest BCUT2D eigenvalue weighted by Gasteiger charge is 2.17. The normalized spacial score (nSPS) is 10.9. The number of likely N-dealkylation sites (N-methyl/N-ethyl adjacent to an activating group) is 1. The van der Waals surface area contributed by atoms with Crippen molar-refractivity contribution in [3.63, 3.8) is 0 Å². The lowest BCUT2D eigenvalue weighted by Crippen LogP contribution is -2.32. The number of benzene rings is 2. The number of amides is 2. The van der Waals surface area contributed by atoms with E-state index in [9.17, 15) is 9.59 Å². The number of aryl methyl sites for hydroxylation is 1. The SMILES string of the molecule is CCCCN(C)C(=O)Cn1c(CNC(=O)c2ccccc2C)nc2ccccc21. The van der Waals surface area contributed by atoms with E-state index in [4.69, 9.17) is 0 Å². The van der Waals surface area contributed by atoms with Crippen LogP contribution in [0.3, 0.4) is 0 Å². The Kier molecular flexibility index (Phi) is 6.65. The second kappa shape index (κ2) is 9.37. The molecular weight excluding hydrogens is 364 g/mol. The lowest BCUT2D eigenvalue weighted by molar-refractivity contribution is -0.130. The summed E-state index contributed by atoms with van der Waals surface area (Å²) in [5.74, 6) is 0.562. The summed E-state index contributed by atoms with van der Waals surface area (Å²) in [5, 5.41) is 2.95. The van der Waals surface area contributed by atoms with Gasteiger partial charge in [-0.25, -0.2) is 4.98 Å². The minimum Gasteiger partial charge on any atom is -0.345 e. The van der Waals surface area contributed by atoms with Crippen molar-refractivity contribution < 1.29 is 9.59 Å². The fourth-order valence-corrected chi connectivity index (χ4v) is 3.29. The van der Waals surface area contributed by atoms with Gasteiger partial charge in [0.05, 0.1) is 17.6 Å². The zero-order valence-electron chi connectivity index (χ0n) is 17.3. The molecule has 0 aliphatic rings. The molecule has 0 unspecified atom stereocenters. The predicted octanol–water partition coefficient (Wildman–Crippen LogP) is 3.53. The largest absolute Gasteiger partial charge is 0.345 e. The van der Waals surface area contributed by atoms with Crippen molar-refractivity contribution in [3.05, 3.63) is 65.5 Å². The summed E-state index contributed by atoms with van der Waals surface area (Å²) < 4.78 is 1.90. The summed E-state index contributed by atoms with van der Waals surface area (Å²) in [6.07, 6.45) is 2.02. The maximum Gasteiger partial charge on any atom is 0.251 e. The third-order valence-corrected chi connectivity index (χ3v) is 5.10. The number of imidazole rings is 1. The predicted molar refractivity (Wildman–Crippen MR) is 115 cm³/mol. The first kappa shape index (κ1) is 20.6. The zero-order valence-corrected chi connectivity index (χ0v) is 17.3. The van der Waals surface area contributed by atoms with Crippen molar-refractivity contribution in [1.82, 2.24) is 19.8 Å². The third-order valence-electron chi connectivity index (χ3n) is 5.10. The Balaban J connectivity index is 1.80. The number of hydrogen-bond donors (Lipinski definition) is 1. The number of unbranched alkanes of at least 4 members (excludes halogenated alkanes) is 1. The molecule has 0 saturated heterocycles. The molecular formula is C23H28N4O2. The van der Waals surface area contributed by atoms with Crippen LogP contribution in [0.25, 0.3) is 11.0 Å².